The molecule has 0 fully saturated rings. The second kappa shape index (κ2) is 8.25. The summed E-state index contributed by atoms with van der Waals surface area (Å²) in [7, 11) is 1.66. The Bertz CT molecular complexity index is 305. The van der Waals surface area contributed by atoms with Crippen molar-refractivity contribution in [1.82, 2.24) is 5.32 Å². The van der Waals surface area contributed by atoms with Gasteiger partial charge < -0.3 is 14.8 Å². The van der Waals surface area contributed by atoms with Gasteiger partial charge in [0.1, 0.15) is 6.61 Å². The molecule has 0 saturated carbocycles. The van der Waals surface area contributed by atoms with Crippen LogP contribution in [0.15, 0.2) is 18.2 Å². The molecule has 0 bridgehead atoms. The summed E-state index contributed by atoms with van der Waals surface area (Å²) in [6.07, 6.45) is 0. The molecule has 1 aromatic rings. The number of hydrogen-bond acceptors (Lipinski definition) is 3. The van der Waals surface area contributed by atoms with E-state index in [1.807, 2.05) is 25.1 Å². The normalized spacial score (nSPS) is 9.44. The standard InChI is InChI=1S/C12H19NO2.ClH/c1-4-13-7-8-15-11-6-5-10(2)9-12(11)14-3;/h5-6,9,13H,4,7-8H2,1-3H3;1H. The average molecular weight is 246 g/mol. The summed E-state index contributed by atoms with van der Waals surface area (Å²) in [6, 6.07) is 5.94. The van der Waals surface area contributed by atoms with Crippen LogP contribution in [0, 0.1) is 6.92 Å². The van der Waals surface area contributed by atoms with E-state index in [1.165, 1.54) is 5.56 Å². The van der Waals surface area contributed by atoms with Crippen LogP contribution in [0.2, 0.25) is 0 Å². The van der Waals surface area contributed by atoms with E-state index in [9.17, 15) is 0 Å². The third kappa shape index (κ3) is 4.73. The number of aryl methyl sites for hydroxylation is 1. The minimum absolute atomic E-state index is 0. The summed E-state index contributed by atoms with van der Waals surface area (Å²) in [6.45, 7) is 6.59. The van der Waals surface area contributed by atoms with Crippen LogP contribution in [0.4, 0.5) is 0 Å². The molecular formula is C12H20ClNO2. The summed E-state index contributed by atoms with van der Waals surface area (Å²) >= 11 is 0. The van der Waals surface area contributed by atoms with E-state index in [1.54, 1.807) is 7.11 Å². The largest absolute Gasteiger partial charge is 0.493 e. The highest BCUT2D eigenvalue weighted by molar-refractivity contribution is 5.85. The highest BCUT2D eigenvalue weighted by Crippen LogP contribution is 2.27. The van der Waals surface area contributed by atoms with Crippen LogP contribution in [0.1, 0.15) is 12.5 Å². The molecule has 0 aliphatic heterocycles. The molecule has 0 unspecified atom stereocenters. The zero-order valence-corrected chi connectivity index (χ0v) is 10.9. The van der Waals surface area contributed by atoms with Crippen LogP contribution in [0.25, 0.3) is 0 Å². The first-order valence-electron chi connectivity index (χ1n) is 5.26. The van der Waals surface area contributed by atoms with E-state index < -0.39 is 0 Å². The van der Waals surface area contributed by atoms with Crippen molar-refractivity contribution in [2.24, 2.45) is 0 Å². The van der Waals surface area contributed by atoms with Crippen molar-refractivity contribution in [3.63, 3.8) is 0 Å². The van der Waals surface area contributed by atoms with Crippen molar-refractivity contribution in [1.29, 1.82) is 0 Å². The van der Waals surface area contributed by atoms with Gasteiger partial charge in [0.25, 0.3) is 0 Å². The van der Waals surface area contributed by atoms with Crippen LogP contribution in [-0.4, -0.2) is 26.8 Å². The topological polar surface area (TPSA) is 30.5 Å². The Balaban J connectivity index is 0.00000225. The molecule has 1 aromatic carbocycles. The summed E-state index contributed by atoms with van der Waals surface area (Å²) in [4.78, 5) is 0. The molecular weight excluding hydrogens is 226 g/mol. The van der Waals surface area contributed by atoms with Crippen LogP contribution in [-0.2, 0) is 0 Å². The van der Waals surface area contributed by atoms with Crippen LogP contribution in [0.3, 0.4) is 0 Å². The second-order valence-electron chi connectivity index (χ2n) is 3.36. The van der Waals surface area contributed by atoms with Crippen molar-refractivity contribution in [3.05, 3.63) is 23.8 Å². The van der Waals surface area contributed by atoms with E-state index in [2.05, 4.69) is 12.2 Å². The maximum absolute atomic E-state index is 5.60. The number of likely N-dealkylation sites (N-methyl/N-ethyl adjacent to an activating group) is 1. The fourth-order valence-electron chi connectivity index (χ4n) is 1.30. The van der Waals surface area contributed by atoms with Gasteiger partial charge >= 0.3 is 0 Å². The second-order valence-corrected chi connectivity index (χ2v) is 3.36. The van der Waals surface area contributed by atoms with Gasteiger partial charge in [-0.1, -0.05) is 13.0 Å². The average Bonchev–Trinajstić information content (AvgIpc) is 2.26. The fourth-order valence-corrected chi connectivity index (χ4v) is 1.30. The molecule has 1 rings (SSSR count). The molecule has 16 heavy (non-hydrogen) atoms. The number of nitrogens with one attached hydrogen (secondary N) is 1. The van der Waals surface area contributed by atoms with Crippen molar-refractivity contribution < 1.29 is 9.47 Å². The van der Waals surface area contributed by atoms with E-state index in [-0.39, 0.29) is 12.4 Å². The van der Waals surface area contributed by atoms with Gasteiger partial charge in [-0.2, -0.15) is 0 Å². The minimum Gasteiger partial charge on any atom is -0.493 e. The van der Waals surface area contributed by atoms with E-state index in [0.717, 1.165) is 24.6 Å². The van der Waals surface area contributed by atoms with Gasteiger partial charge in [-0.05, 0) is 31.2 Å². The molecule has 0 amide bonds. The van der Waals surface area contributed by atoms with Crippen LogP contribution < -0.4 is 14.8 Å². The maximum atomic E-state index is 5.60. The van der Waals surface area contributed by atoms with Gasteiger partial charge in [-0.25, -0.2) is 0 Å². The predicted molar refractivity (Wildman–Crippen MR) is 69.0 cm³/mol. The first-order chi connectivity index (χ1) is 7.27. The molecule has 0 saturated heterocycles. The first kappa shape index (κ1) is 15.1. The number of benzene rings is 1. The fraction of sp³-hybridized carbons (Fsp3) is 0.500. The lowest BCUT2D eigenvalue weighted by atomic mass is 10.2. The lowest BCUT2D eigenvalue weighted by Gasteiger charge is -2.11. The van der Waals surface area contributed by atoms with E-state index in [4.69, 9.17) is 9.47 Å². The lowest BCUT2D eigenvalue weighted by Crippen LogP contribution is -2.20. The molecule has 0 aliphatic carbocycles. The van der Waals surface area contributed by atoms with Crippen molar-refractivity contribution >= 4 is 12.4 Å². The summed E-state index contributed by atoms with van der Waals surface area (Å²) in [5.41, 5.74) is 1.17. The molecule has 92 valence electrons. The molecule has 3 nitrogen and oxygen atoms in total. The van der Waals surface area contributed by atoms with E-state index >= 15 is 0 Å². The van der Waals surface area contributed by atoms with Crippen molar-refractivity contribution in [2.45, 2.75) is 13.8 Å². The Morgan fingerprint density at radius 3 is 2.62 bits per heavy atom. The highest BCUT2D eigenvalue weighted by atomic mass is 35.5. The molecule has 0 radical (unpaired) electrons. The molecule has 0 aromatic heterocycles. The van der Waals surface area contributed by atoms with Crippen LogP contribution >= 0.6 is 12.4 Å². The van der Waals surface area contributed by atoms with Crippen molar-refractivity contribution in [2.75, 3.05) is 26.8 Å². The Hall–Kier alpha value is -0.930. The summed E-state index contributed by atoms with van der Waals surface area (Å²) in [5.74, 6) is 1.60. The Morgan fingerprint density at radius 1 is 1.25 bits per heavy atom. The Morgan fingerprint density at radius 2 is 2.00 bits per heavy atom. The minimum atomic E-state index is 0. The van der Waals surface area contributed by atoms with Gasteiger partial charge in [0.2, 0.25) is 0 Å². The molecule has 0 spiro atoms. The SMILES string of the molecule is CCNCCOc1ccc(C)cc1OC.Cl. The molecule has 4 heteroatoms. The number of ether oxygens (including phenoxy) is 2. The third-order valence-corrected chi connectivity index (χ3v) is 2.11. The smallest absolute Gasteiger partial charge is 0.161 e. The number of rotatable bonds is 6. The number of halogens is 1. The number of hydrogen-bond donors (Lipinski definition) is 1. The quantitative estimate of drug-likeness (QED) is 0.781. The maximum Gasteiger partial charge on any atom is 0.161 e. The summed E-state index contributed by atoms with van der Waals surface area (Å²) in [5, 5.41) is 3.20. The molecule has 0 aliphatic rings. The molecule has 1 N–H and O–H groups in total. The molecule has 0 atom stereocenters. The van der Waals surface area contributed by atoms with Crippen LogP contribution in [0.5, 0.6) is 11.5 Å². The van der Waals surface area contributed by atoms with Gasteiger partial charge in [0, 0.05) is 6.54 Å². The zero-order chi connectivity index (χ0) is 11.1. The monoisotopic (exact) mass is 245 g/mol. The van der Waals surface area contributed by atoms with Gasteiger partial charge in [0.05, 0.1) is 7.11 Å². The van der Waals surface area contributed by atoms with Gasteiger partial charge in [-0.3, -0.25) is 0 Å². The summed E-state index contributed by atoms with van der Waals surface area (Å²) < 4.78 is 10.8. The molecule has 0 heterocycles. The number of methoxy groups -OCH3 is 1. The van der Waals surface area contributed by atoms with E-state index in [0.29, 0.717) is 6.61 Å². The Labute approximate surface area is 104 Å². The van der Waals surface area contributed by atoms with Crippen molar-refractivity contribution in [3.8, 4) is 11.5 Å². The predicted octanol–water partition coefficient (Wildman–Crippen LogP) is 2.41. The highest BCUT2D eigenvalue weighted by Gasteiger charge is 2.03. The third-order valence-electron chi connectivity index (χ3n) is 2.11. The zero-order valence-electron chi connectivity index (χ0n) is 10.1. The first-order valence-corrected chi connectivity index (χ1v) is 5.26. The lowest BCUT2D eigenvalue weighted by molar-refractivity contribution is 0.293. The van der Waals surface area contributed by atoms with Gasteiger partial charge in [0.15, 0.2) is 11.5 Å². The Kier molecular flexibility index (Phi) is 7.77. The van der Waals surface area contributed by atoms with Gasteiger partial charge in [-0.15, -0.1) is 12.4 Å².